The van der Waals surface area contributed by atoms with E-state index in [9.17, 15) is 0 Å². The van der Waals surface area contributed by atoms with Crippen molar-refractivity contribution in [2.45, 2.75) is 0 Å². The van der Waals surface area contributed by atoms with Gasteiger partial charge >= 0.3 is 29.5 Å². The van der Waals surface area contributed by atoms with E-state index in [0.717, 1.165) is 0 Å². The first kappa shape index (κ1) is 16.0. The van der Waals surface area contributed by atoms with Crippen molar-refractivity contribution >= 4 is 0 Å². The molecule has 0 atom stereocenters. The van der Waals surface area contributed by atoms with E-state index in [1.807, 2.05) is 0 Å². The second kappa shape index (κ2) is 6.05. The quantitative estimate of drug-likeness (QED) is 0.389. The van der Waals surface area contributed by atoms with E-state index < -0.39 is 13.6 Å². The van der Waals surface area contributed by atoms with Gasteiger partial charge in [0.2, 0.25) is 0 Å². The molecular weight excluding hydrogens is 517 g/mol. The van der Waals surface area contributed by atoms with Gasteiger partial charge < -0.3 is 0 Å². The molecule has 0 spiro atoms. The summed E-state index contributed by atoms with van der Waals surface area (Å²) < 4.78 is 31.9. The molecule has 0 fully saturated rings. The predicted octanol–water partition coefficient (Wildman–Crippen LogP) is -1.36. The molecule has 36 valence electrons. The predicted molar refractivity (Wildman–Crippen MR) is 5.81 cm³/mol. The van der Waals surface area contributed by atoms with Gasteiger partial charge in [0, 0.05) is 55.3 Å². The Morgan fingerprint density at radius 3 is 1.00 bits per heavy atom. The summed E-state index contributed by atoms with van der Waals surface area (Å²) in [6, 6.07) is 0. The summed E-state index contributed by atoms with van der Waals surface area (Å²) in [6.45, 7) is 0. The average molecular weight is 519 g/mol. The van der Waals surface area contributed by atoms with E-state index in [4.69, 9.17) is 15.9 Å². The Kier molecular flexibility index (Phi) is 13.8. The Hall–Kier alpha value is 1.92. The maximum atomic E-state index is 8.82. The first-order valence-corrected chi connectivity index (χ1v) is 2.88. The number of hydrogen-bond acceptors (Lipinski definition) is 2. The summed E-state index contributed by atoms with van der Waals surface area (Å²) in [4.78, 5) is 0. The first-order valence-electron chi connectivity index (χ1n) is 0.698. The van der Waals surface area contributed by atoms with Gasteiger partial charge in [0.05, 0.1) is 0 Å². The third-order valence-corrected chi connectivity index (χ3v) is 0. The van der Waals surface area contributed by atoms with Gasteiger partial charge in [-0.25, -0.2) is 0 Å². The van der Waals surface area contributed by atoms with Gasteiger partial charge in [-0.1, -0.05) is 0 Å². The molecule has 0 bridgehead atoms. The Balaban J connectivity index is -0.0000000800. The summed E-state index contributed by atoms with van der Waals surface area (Å²) in [5.74, 6) is 0. The topological polar surface area (TPSA) is 74.6 Å². The van der Waals surface area contributed by atoms with Crippen molar-refractivity contribution < 1.29 is 84.9 Å². The van der Waals surface area contributed by atoms with Gasteiger partial charge in [-0.2, -0.15) is 0 Å². The van der Waals surface area contributed by atoms with Crippen molar-refractivity contribution in [1.82, 2.24) is 0 Å². The molecule has 2 N–H and O–H groups in total. The number of rotatable bonds is 0. The van der Waals surface area contributed by atoms with E-state index in [1.165, 1.54) is 0 Å². The van der Waals surface area contributed by atoms with Gasteiger partial charge in [0.15, 0.2) is 0 Å². The molecule has 0 saturated carbocycles. The van der Waals surface area contributed by atoms with Gasteiger partial charge in [0.1, 0.15) is 0 Å². The van der Waals surface area contributed by atoms with E-state index >= 15 is 0 Å². The van der Waals surface area contributed by atoms with Crippen LogP contribution in [0.5, 0.6) is 0 Å². The molecule has 0 amide bonds. The van der Waals surface area contributed by atoms with Gasteiger partial charge in [-0.05, 0) is 0 Å². The third-order valence-electron chi connectivity index (χ3n) is 0. The van der Waals surface area contributed by atoms with Crippen molar-refractivity contribution in [3.63, 3.8) is 0 Å². The van der Waals surface area contributed by atoms with Crippen LogP contribution in [-0.4, -0.2) is 8.32 Å². The fourth-order valence-corrected chi connectivity index (χ4v) is 0. The van der Waals surface area contributed by atoms with Gasteiger partial charge in [0.25, 0.3) is 0 Å². The normalized spacial score (nSPS) is 8.29. The second-order valence-electron chi connectivity index (χ2n) is 0.448. The Morgan fingerprint density at radius 1 is 1.00 bits per heavy atom. The standard InChI is InChI=1S/Cr.2Hg.2H2O.2O/h;;;2*1H2;;/q+2;;;;;;/p-2. The monoisotopic (exact) mass is 522 g/mol. The van der Waals surface area contributed by atoms with Crippen molar-refractivity contribution in [3.8, 4) is 0 Å². The zero-order valence-corrected chi connectivity index (χ0v) is 15.8. The SMILES string of the molecule is [Hg].[Hg].[O]=[Cr](=[O])([OH])[OH]. The van der Waals surface area contributed by atoms with Crippen molar-refractivity contribution in [2.24, 2.45) is 0 Å². The minimum absolute atomic E-state index is 0. The Bertz CT molecular complexity index is 92.9. The van der Waals surface area contributed by atoms with Crippen LogP contribution in [0.4, 0.5) is 0 Å². The maximum absolute atomic E-state index is 8.82. The molecule has 0 aliphatic carbocycles. The summed E-state index contributed by atoms with van der Waals surface area (Å²) in [7, 11) is 0. The second-order valence-corrected chi connectivity index (χ2v) is 1.85. The average Bonchev–Trinajstić information content (AvgIpc) is 0.722. The van der Waals surface area contributed by atoms with Crippen molar-refractivity contribution in [2.75, 3.05) is 0 Å². The molecule has 7 heteroatoms. The molecule has 0 radical (unpaired) electrons. The van der Waals surface area contributed by atoms with E-state index in [2.05, 4.69) is 0 Å². The Labute approximate surface area is 83.7 Å². The number of hydrogen-bond donors (Lipinski definition) is 2. The molecule has 0 rings (SSSR count). The molecule has 7 heavy (non-hydrogen) atoms. The summed E-state index contributed by atoms with van der Waals surface area (Å²) in [5.41, 5.74) is 0. The summed E-state index contributed by atoms with van der Waals surface area (Å²) in [6.07, 6.45) is 0. The van der Waals surface area contributed by atoms with Gasteiger partial charge in [-0.15, -0.1) is 0 Å². The minimum atomic E-state index is -5.25. The van der Waals surface area contributed by atoms with Crippen LogP contribution in [-0.2, 0) is 76.6 Å². The van der Waals surface area contributed by atoms with E-state index in [-0.39, 0.29) is 55.3 Å². The fourth-order valence-electron chi connectivity index (χ4n) is 0. The van der Waals surface area contributed by atoms with E-state index in [1.54, 1.807) is 0 Å². The van der Waals surface area contributed by atoms with Crippen molar-refractivity contribution in [3.05, 3.63) is 0 Å². The molecular formula is H2CrHg2O4. The molecule has 0 aromatic heterocycles. The van der Waals surface area contributed by atoms with E-state index in [0.29, 0.717) is 0 Å². The molecule has 4 nitrogen and oxygen atoms in total. The Morgan fingerprint density at radius 2 is 1.00 bits per heavy atom. The fraction of sp³-hybridized carbons (Fsp3) is 0. The molecule has 0 aromatic rings. The van der Waals surface area contributed by atoms with Crippen molar-refractivity contribution in [1.29, 1.82) is 0 Å². The van der Waals surface area contributed by atoms with Crippen LogP contribution in [0.1, 0.15) is 0 Å². The first-order chi connectivity index (χ1) is 2.00. The molecule has 0 aliphatic heterocycles. The third kappa shape index (κ3) is 75.2. The van der Waals surface area contributed by atoms with Crippen LogP contribution >= 0.6 is 0 Å². The van der Waals surface area contributed by atoms with Crippen LogP contribution in [0, 0.1) is 0 Å². The molecule has 0 unspecified atom stereocenters. The zero-order valence-electron chi connectivity index (χ0n) is 3.53. The molecule has 0 saturated heterocycles. The van der Waals surface area contributed by atoms with Crippen LogP contribution in [0.2, 0.25) is 0 Å². The summed E-state index contributed by atoms with van der Waals surface area (Å²) in [5, 5.41) is 0. The zero-order chi connectivity index (χ0) is 4.50. The van der Waals surface area contributed by atoms with Crippen LogP contribution in [0.25, 0.3) is 0 Å². The van der Waals surface area contributed by atoms with Gasteiger partial charge in [-0.3, -0.25) is 0 Å². The molecule has 0 heterocycles. The van der Waals surface area contributed by atoms with Crippen LogP contribution in [0.3, 0.4) is 0 Å². The van der Waals surface area contributed by atoms with Crippen LogP contribution in [0.15, 0.2) is 0 Å². The summed E-state index contributed by atoms with van der Waals surface area (Å²) >= 11 is -5.25. The van der Waals surface area contributed by atoms with Crippen LogP contribution < -0.4 is 0 Å². The molecule has 0 aromatic carbocycles. The molecule has 0 aliphatic rings.